The molecule has 4 aromatic rings. The van der Waals surface area contributed by atoms with Gasteiger partial charge in [-0.25, -0.2) is 4.98 Å². The van der Waals surface area contributed by atoms with E-state index in [-0.39, 0.29) is 5.75 Å². The third-order valence-corrected chi connectivity index (χ3v) is 4.68. The van der Waals surface area contributed by atoms with Crippen LogP contribution in [0.3, 0.4) is 0 Å². The summed E-state index contributed by atoms with van der Waals surface area (Å²) in [7, 11) is 0. The van der Waals surface area contributed by atoms with E-state index in [1.165, 1.54) is 5.56 Å². The molecule has 0 aliphatic rings. The van der Waals surface area contributed by atoms with Crippen LogP contribution < -0.4 is 0 Å². The molecule has 2 aromatic heterocycles. The number of phenolic OH excluding ortho intramolecular Hbond substituents is 1. The van der Waals surface area contributed by atoms with Gasteiger partial charge in [0.15, 0.2) is 0 Å². The number of nitrogens with one attached hydrogen (secondary N) is 1. The summed E-state index contributed by atoms with van der Waals surface area (Å²) in [5.74, 6) is 1.70. The summed E-state index contributed by atoms with van der Waals surface area (Å²) >= 11 is 0. The zero-order valence-electron chi connectivity index (χ0n) is 16.1. The lowest BCUT2D eigenvalue weighted by Crippen LogP contribution is -1.93. The van der Waals surface area contributed by atoms with Crippen LogP contribution >= 0.6 is 0 Å². The molecule has 28 heavy (non-hydrogen) atoms. The molecule has 2 N–H and O–H groups in total. The van der Waals surface area contributed by atoms with Crippen LogP contribution in [-0.4, -0.2) is 20.1 Å². The maximum absolute atomic E-state index is 9.62. The van der Waals surface area contributed by atoms with Crippen molar-refractivity contribution in [1.29, 1.82) is 0 Å². The zero-order chi connectivity index (χ0) is 19.5. The van der Waals surface area contributed by atoms with Gasteiger partial charge in [0.2, 0.25) is 0 Å². The van der Waals surface area contributed by atoms with Gasteiger partial charge in [-0.3, -0.25) is 4.98 Å². The van der Waals surface area contributed by atoms with Crippen molar-refractivity contribution in [1.82, 2.24) is 15.0 Å². The van der Waals surface area contributed by atoms with Gasteiger partial charge in [-0.2, -0.15) is 0 Å². The Labute approximate surface area is 165 Å². The molecule has 140 valence electrons. The maximum atomic E-state index is 9.62. The number of aromatic nitrogens is 3. The van der Waals surface area contributed by atoms with Gasteiger partial charge in [0.1, 0.15) is 11.6 Å². The molecule has 0 amide bonds. The molecular formula is C24H23N3O. The van der Waals surface area contributed by atoms with E-state index in [9.17, 15) is 5.11 Å². The van der Waals surface area contributed by atoms with Gasteiger partial charge < -0.3 is 10.1 Å². The molecule has 4 rings (SSSR count). The first kappa shape index (κ1) is 18.0. The molecular weight excluding hydrogens is 346 g/mol. The number of phenols is 1. The number of aromatic hydroxyl groups is 1. The first-order valence-electron chi connectivity index (χ1n) is 9.49. The highest BCUT2D eigenvalue weighted by Crippen LogP contribution is 2.33. The Morgan fingerprint density at radius 1 is 0.821 bits per heavy atom. The van der Waals surface area contributed by atoms with Crippen molar-refractivity contribution in [2.45, 2.75) is 20.3 Å². The quantitative estimate of drug-likeness (QED) is 0.474. The molecule has 0 bridgehead atoms. The number of rotatable bonds is 5. The largest absolute Gasteiger partial charge is 0.508 e. The molecule has 0 unspecified atom stereocenters. The van der Waals surface area contributed by atoms with Crippen LogP contribution in [0.5, 0.6) is 5.75 Å². The SMILES string of the molecule is CC(C)Cc1ccc(-c2nc(-c3ccc(O)cc3)c(-c3ccncc3)[nH]2)cc1. The first-order chi connectivity index (χ1) is 13.6. The number of H-pyrrole nitrogens is 1. The fourth-order valence-electron chi connectivity index (χ4n) is 3.34. The standard InChI is InChI=1S/C24H23N3O/c1-16(2)15-17-3-5-20(6-4-17)24-26-22(18-7-9-21(28)10-8-18)23(27-24)19-11-13-25-14-12-19/h3-14,16,28H,15H2,1-2H3,(H,26,27). The third kappa shape index (κ3) is 3.81. The second-order valence-electron chi connectivity index (χ2n) is 7.39. The van der Waals surface area contributed by atoms with Crippen molar-refractivity contribution < 1.29 is 5.11 Å². The monoisotopic (exact) mass is 369 g/mol. The van der Waals surface area contributed by atoms with E-state index in [1.807, 2.05) is 24.3 Å². The lowest BCUT2D eigenvalue weighted by molar-refractivity contribution is 0.475. The summed E-state index contributed by atoms with van der Waals surface area (Å²) in [6.45, 7) is 4.46. The highest BCUT2D eigenvalue weighted by molar-refractivity contribution is 5.81. The Bertz CT molecular complexity index is 1050. The summed E-state index contributed by atoms with van der Waals surface area (Å²) in [5.41, 5.74) is 6.14. The second-order valence-corrected chi connectivity index (χ2v) is 7.39. The van der Waals surface area contributed by atoms with E-state index in [0.717, 1.165) is 40.3 Å². The van der Waals surface area contributed by atoms with Crippen LogP contribution in [0.4, 0.5) is 0 Å². The van der Waals surface area contributed by atoms with Gasteiger partial charge in [-0.15, -0.1) is 0 Å². The normalized spacial score (nSPS) is 11.1. The Kier molecular flexibility index (Phi) is 4.94. The van der Waals surface area contributed by atoms with Crippen molar-refractivity contribution >= 4 is 0 Å². The van der Waals surface area contributed by atoms with Crippen molar-refractivity contribution in [3.63, 3.8) is 0 Å². The van der Waals surface area contributed by atoms with Gasteiger partial charge in [0.05, 0.1) is 11.4 Å². The van der Waals surface area contributed by atoms with E-state index in [4.69, 9.17) is 4.98 Å². The molecule has 2 aromatic carbocycles. The molecule has 0 spiro atoms. The summed E-state index contributed by atoms with van der Waals surface area (Å²) < 4.78 is 0. The Balaban J connectivity index is 1.78. The molecule has 0 atom stereocenters. The van der Waals surface area contributed by atoms with E-state index < -0.39 is 0 Å². The molecule has 0 saturated carbocycles. The highest BCUT2D eigenvalue weighted by atomic mass is 16.3. The summed E-state index contributed by atoms with van der Waals surface area (Å²) in [5, 5.41) is 9.62. The average molecular weight is 369 g/mol. The summed E-state index contributed by atoms with van der Waals surface area (Å²) in [4.78, 5) is 12.5. The predicted octanol–water partition coefficient (Wildman–Crippen LogP) is 5.71. The fourth-order valence-corrected chi connectivity index (χ4v) is 3.34. The lowest BCUT2D eigenvalue weighted by atomic mass is 10.0. The van der Waals surface area contributed by atoms with Crippen molar-refractivity contribution in [2.75, 3.05) is 0 Å². The van der Waals surface area contributed by atoms with Crippen LogP contribution in [0, 0.1) is 5.92 Å². The van der Waals surface area contributed by atoms with E-state index >= 15 is 0 Å². The number of benzene rings is 2. The third-order valence-electron chi connectivity index (χ3n) is 4.68. The molecule has 0 aliphatic heterocycles. The molecule has 4 nitrogen and oxygen atoms in total. The molecule has 0 saturated heterocycles. The minimum atomic E-state index is 0.241. The lowest BCUT2D eigenvalue weighted by Gasteiger charge is -2.05. The predicted molar refractivity (Wildman–Crippen MR) is 113 cm³/mol. The van der Waals surface area contributed by atoms with Crippen LogP contribution in [0.1, 0.15) is 19.4 Å². The number of hydrogen-bond donors (Lipinski definition) is 2. The topological polar surface area (TPSA) is 61.8 Å². The van der Waals surface area contributed by atoms with Gasteiger partial charge in [-0.1, -0.05) is 38.1 Å². The smallest absolute Gasteiger partial charge is 0.138 e. The fraction of sp³-hybridized carbons (Fsp3) is 0.167. The molecule has 2 heterocycles. The number of aromatic amines is 1. The summed E-state index contributed by atoms with van der Waals surface area (Å²) in [6, 6.07) is 19.6. The Hall–Kier alpha value is -3.40. The van der Waals surface area contributed by atoms with Crippen LogP contribution in [0.2, 0.25) is 0 Å². The molecule has 4 heteroatoms. The van der Waals surface area contributed by atoms with Crippen molar-refractivity contribution in [2.24, 2.45) is 5.92 Å². The second kappa shape index (κ2) is 7.69. The Morgan fingerprint density at radius 3 is 2.11 bits per heavy atom. The minimum absolute atomic E-state index is 0.241. The van der Waals surface area contributed by atoms with Crippen LogP contribution in [-0.2, 0) is 6.42 Å². The van der Waals surface area contributed by atoms with E-state index in [2.05, 4.69) is 48.1 Å². The van der Waals surface area contributed by atoms with Crippen molar-refractivity contribution in [3.8, 4) is 39.7 Å². The van der Waals surface area contributed by atoms with Gasteiger partial charge in [0.25, 0.3) is 0 Å². The maximum Gasteiger partial charge on any atom is 0.138 e. The number of nitrogens with zero attached hydrogens (tertiary/aromatic N) is 2. The first-order valence-corrected chi connectivity index (χ1v) is 9.49. The molecule has 0 fully saturated rings. The number of hydrogen-bond acceptors (Lipinski definition) is 3. The minimum Gasteiger partial charge on any atom is -0.508 e. The molecule has 0 aliphatic carbocycles. The summed E-state index contributed by atoms with van der Waals surface area (Å²) in [6.07, 6.45) is 4.62. The Morgan fingerprint density at radius 2 is 1.46 bits per heavy atom. The van der Waals surface area contributed by atoms with Gasteiger partial charge >= 0.3 is 0 Å². The zero-order valence-corrected chi connectivity index (χ0v) is 16.1. The number of imidazole rings is 1. The molecule has 0 radical (unpaired) electrons. The average Bonchev–Trinajstić information content (AvgIpc) is 3.15. The van der Waals surface area contributed by atoms with Crippen LogP contribution in [0.25, 0.3) is 33.9 Å². The van der Waals surface area contributed by atoms with Crippen molar-refractivity contribution in [3.05, 3.63) is 78.6 Å². The van der Waals surface area contributed by atoms with Gasteiger partial charge in [-0.05, 0) is 54.3 Å². The number of pyridine rings is 1. The van der Waals surface area contributed by atoms with Crippen LogP contribution in [0.15, 0.2) is 73.1 Å². The van der Waals surface area contributed by atoms with Gasteiger partial charge in [0, 0.05) is 29.1 Å². The highest BCUT2D eigenvalue weighted by Gasteiger charge is 2.15. The van der Waals surface area contributed by atoms with E-state index in [1.54, 1.807) is 24.5 Å². The van der Waals surface area contributed by atoms with E-state index in [0.29, 0.717) is 5.92 Å².